The molecule has 7 nitrogen and oxygen atoms in total. The predicted octanol–water partition coefficient (Wildman–Crippen LogP) is 2.55. The third kappa shape index (κ3) is 2.95. The Labute approximate surface area is 148 Å². The summed E-state index contributed by atoms with van der Waals surface area (Å²) >= 11 is 1.54. The van der Waals surface area contributed by atoms with Crippen LogP contribution in [0.15, 0.2) is 59.0 Å². The first kappa shape index (κ1) is 15.9. The smallest absolute Gasteiger partial charge is 0.168 e. The summed E-state index contributed by atoms with van der Waals surface area (Å²) in [6, 6.07) is 7.47. The normalized spacial score (nSPS) is 13.9. The van der Waals surface area contributed by atoms with Gasteiger partial charge in [0.25, 0.3) is 0 Å². The van der Waals surface area contributed by atoms with Crippen LogP contribution >= 0.6 is 11.8 Å². The van der Waals surface area contributed by atoms with E-state index in [1.165, 1.54) is 0 Å². The summed E-state index contributed by atoms with van der Waals surface area (Å²) in [5, 5.41) is 11.4. The first-order valence-corrected chi connectivity index (χ1v) is 8.44. The van der Waals surface area contributed by atoms with Gasteiger partial charge in [-0.3, -0.25) is 4.90 Å². The number of aliphatic hydroxyl groups excluding tert-OH is 1. The van der Waals surface area contributed by atoms with Gasteiger partial charge in [0, 0.05) is 36.8 Å². The van der Waals surface area contributed by atoms with Gasteiger partial charge in [-0.05, 0) is 23.8 Å². The molecule has 1 aromatic carbocycles. The van der Waals surface area contributed by atoms with Gasteiger partial charge in [-0.1, -0.05) is 17.8 Å². The zero-order valence-corrected chi connectivity index (χ0v) is 14.2. The molecular formula is C17H15N5O2S. The highest BCUT2D eigenvalue weighted by atomic mass is 32.2. The van der Waals surface area contributed by atoms with Crippen LogP contribution in [0.1, 0.15) is 17.5 Å². The molecule has 0 saturated heterocycles. The van der Waals surface area contributed by atoms with Crippen molar-refractivity contribution >= 4 is 23.3 Å². The largest absolute Gasteiger partial charge is 0.380 e. The van der Waals surface area contributed by atoms with Crippen LogP contribution in [0.3, 0.4) is 0 Å². The fraction of sp³-hybridized carbons (Fsp3) is 0.176. The van der Waals surface area contributed by atoms with Crippen LogP contribution in [-0.4, -0.2) is 38.9 Å². The first-order chi connectivity index (χ1) is 12.3. The molecule has 0 spiro atoms. The minimum absolute atomic E-state index is 0.334. The van der Waals surface area contributed by atoms with E-state index in [0.29, 0.717) is 18.1 Å². The number of methoxy groups -OCH3 is 1. The second-order valence-electron chi connectivity index (χ2n) is 5.37. The van der Waals surface area contributed by atoms with Crippen molar-refractivity contribution in [1.82, 2.24) is 19.9 Å². The quantitative estimate of drug-likeness (QED) is 0.766. The van der Waals surface area contributed by atoms with Crippen LogP contribution in [0, 0.1) is 0 Å². The summed E-state index contributed by atoms with van der Waals surface area (Å²) < 4.78 is 5.34. The van der Waals surface area contributed by atoms with Crippen LogP contribution in [0.25, 0.3) is 0 Å². The topological polar surface area (TPSA) is 84.3 Å². The number of ether oxygens (including phenoxy) is 1. The lowest BCUT2D eigenvalue weighted by Crippen LogP contribution is -2.25. The van der Waals surface area contributed by atoms with Crippen molar-refractivity contribution in [2.24, 2.45) is 0 Å². The van der Waals surface area contributed by atoms with Gasteiger partial charge in [-0.15, -0.1) is 0 Å². The highest BCUT2D eigenvalue weighted by molar-refractivity contribution is 7.99. The molecule has 1 atom stereocenters. The van der Waals surface area contributed by atoms with E-state index in [4.69, 9.17) is 4.74 Å². The Kier molecular flexibility index (Phi) is 4.31. The van der Waals surface area contributed by atoms with Gasteiger partial charge in [0.2, 0.25) is 0 Å². The maximum atomic E-state index is 10.6. The standard InChI is InChI=1S/C17H15N5O2S/c1-24-10-22-12-9-11(14(23)15-18-5-2-6-19-15)3-4-13(12)25-17-16(22)20-7-8-21-17/h2-9,14,23H,10H2,1H3. The number of aliphatic hydroxyl groups is 1. The van der Waals surface area contributed by atoms with Crippen LogP contribution < -0.4 is 4.90 Å². The molecular weight excluding hydrogens is 338 g/mol. The van der Waals surface area contributed by atoms with E-state index in [1.807, 2.05) is 23.1 Å². The van der Waals surface area contributed by atoms with Crippen LogP contribution in [0.5, 0.6) is 0 Å². The van der Waals surface area contributed by atoms with Gasteiger partial charge in [0.15, 0.2) is 11.6 Å². The average Bonchev–Trinajstić information content (AvgIpc) is 2.68. The van der Waals surface area contributed by atoms with Crippen molar-refractivity contribution in [3.05, 3.63) is 60.4 Å². The summed E-state index contributed by atoms with van der Waals surface area (Å²) in [6.07, 6.45) is 5.66. The lowest BCUT2D eigenvalue weighted by atomic mass is 10.1. The molecule has 0 fully saturated rings. The maximum absolute atomic E-state index is 10.6. The minimum Gasteiger partial charge on any atom is -0.380 e. The van der Waals surface area contributed by atoms with E-state index in [2.05, 4.69) is 19.9 Å². The van der Waals surface area contributed by atoms with E-state index in [0.717, 1.165) is 21.4 Å². The minimum atomic E-state index is -0.899. The number of fused-ring (bicyclic) bond motifs is 2. The molecule has 0 aliphatic carbocycles. The third-order valence-electron chi connectivity index (χ3n) is 3.79. The third-order valence-corrected chi connectivity index (χ3v) is 4.83. The Hall–Kier alpha value is -2.55. The summed E-state index contributed by atoms with van der Waals surface area (Å²) in [4.78, 5) is 20.0. The molecule has 3 heterocycles. The molecule has 2 aromatic heterocycles. The van der Waals surface area contributed by atoms with Gasteiger partial charge >= 0.3 is 0 Å². The van der Waals surface area contributed by atoms with Crippen molar-refractivity contribution in [3.8, 4) is 0 Å². The van der Waals surface area contributed by atoms with Gasteiger partial charge in [0.05, 0.1) is 5.69 Å². The Morgan fingerprint density at radius 3 is 2.72 bits per heavy atom. The molecule has 0 saturated carbocycles. The molecule has 1 aliphatic rings. The van der Waals surface area contributed by atoms with E-state index in [9.17, 15) is 5.11 Å². The van der Waals surface area contributed by atoms with Crippen LogP contribution in [-0.2, 0) is 4.74 Å². The molecule has 4 rings (SSSR count). The Morgan fingerprint density at radius 1 is 1.12 bits per heavy atom. The zero-order valence-electron chi connectivity index (χ0n) is 13.4. The molecule has 1 N–H and O–H groups in total. The van der Waals surface area contributed by atoms with Crippen molar-refractivity contribution in [1.29, 1.82) is 0 Å². The second-order valence-corrected chi connectivity index (χ2v) is 6.40. The lowest BCUT2D eigenvalue weighted by molar-refractivity contribution is 0.203. The van der Waals surface area contributed by atoms with Gasteiger partial charge < -0.3 is 9.84 Å². The molecule has 0 radical (unpaired) electrons. The molecule has 25 heavy (non-hydrogen) atoms. The fourth-order valence-electron chi connectivity index (χ4n) is 2.66. The number of anilines is 2. The Balaban J connectivity index is 1.76. The highest BCUT2D eigenvalue weighted by Crippen LogP contribution is 2.46. The van der Waals surface area contributed by atoms with Crippen molar-refractivity contribution in [3.63, 3.8) is 0 Å². The van der Waals surface area contributed by atoms with Crippen molar-refractivity contribution < 1.29 is 9.84 Å². The molecule has 8 heteroatoms. The molecule has 126 valence electrons. The van der Waals surface area contributed by atoms with E-state index < -0.39 is 6.10 Å². The van der Waals surface area contributed by atoms with Gasteiger partial charge in [-0.25, -0.2) is 19.9 Å². The summed E-state index contributed by atoms with van der Waals surface area (Å²) in [7, 11) is 1.63. The summed E-state index contributed by atoms with van der Waals surface area (Å²) in [5.41, 5.74) is 1.62. The molecule has 1 unspecified atom stereocenters. The van der Waals surface area contributed by atoms with Gasteiger partial charge in [-0.2, -0.15) is 0 Å². The van der Waals surface area contributed by atoms with Crippen LogP contribution in [0.2, 0.25) is 0 Å². The SMILES string of the molecule is COCN1c2cc(C(O)c3ncccn3)ccc2Sc2nccnc21. The number of hydrogen-bond donors (Lipinski definition) is 1. The monoisotopic (exact) mass is 353 g/mol. The fourth-order valence-corrected chi connectivity index (χ4v) is 3.64. The maximum Gasteiger partial charge on any atom is 0.168 e. The zero-order chi connectivity index (χ0) is 17.2. The van der Waals surface area contributed by atoms with Crippen molar-refractivity contribution in [2.75, 3.05) is 18.7 Å². The number of nitrogens with zero attached hydrogens (tertiary/aromatic N) is 5. The average molecular weight is 353 g/mol. The molecule has 0 bridgehead atoms. The summed E-state index contributed by atoms with van der Waals surface area (Å²) in [5.74, 6) is 1.11. The summed E-state index contributed by atoms with van der Waals surface area (Å²) in [6.45, 7) is 0.334. The van der Waals surface area contributed by atoms with Crippen LogP contribution in [0.4, 0.5) is 11.5 Å². The van der Waals surface area contributed by atoms with Crippen molar-refractivity contribution in [2.45, 2.75) is 16.0 Å². The molecule has 3 aromatic rings. The lowest BCUT2D eigenvalue weighted by Gasteiger charge is -2.30. The predicted molar refractivity (Wildman–Crippen MR) is 92.7 cm³/mol. The highest BCUT2D eigenvalue weighted by Gasteiger charge is 2.27. The molecule has 1 aliphatic heterocycles. The number of rotatable bonds is 4. The Bertz CT molecular complexity index is 893. The van der Waals surface area contributed by atoms with Gasteiger partial charge in [0.1, 0.15) is 17.9 Å². The first-order valence-electron chi connectivity index (χ1n) is 7.62. The number of aromatic nitrogens is 4. The number of hydrogen-bond acceptors (Lipinski definition) is 8. The number of benzene rings is 1. The van der Waals surface area contributed by atoms with E-state index in [-0.39, 0.29) is 0 Å². The van der Waals surface area contributed by atoms with E-state index in [1.54, 1.807) is 49.7 Å². The van der Waals surface area contributed by atoms with E-state index >= 15 is 0 Å². The second kappa shape index (κ2) is 6.75. The molecule has 0 amide bonds. The Morgan fingerprint density at radius 2 is 1.92 bits per heavy atom.